The third-order valence-electron chi connectivity index (χ3n) is 3.95. The van der Waals surface area contributed by atoms with Crippen molar-refractivity contribution in [2.45, 2.75) is 0 Å². The summed E-state index contributed by atoms with van der Waals surface area (Å²) in [7, 11) is 0. The number of hydrazone groups is 1. The Bertz CT molecular complexity index is 1090. The van der Waals surface area contributed by atoms with Gasteiger partial charge in [-0.15, -0.1) is 0 Å². The van der Waals surface area contributed by atoms with Crippen molar-refractivity contribution in [2.24, 2.45) is 5.10 Å². The largest absolute Gasteiger partial charge is 0.289 e. The van der Waals surface area contributed by atoms with Crippen LogP contribution in [0.4, 0.5) is 0 Å². The fourth-order valence-corrected chi connectivity index (χ4v) is 2.61. The van der Waals surface area contributed by atoms with Gasteiger partial charge >= 0.3 is 0 Å². The van der Waals surface area contributed by atoms with Crippen LogP contribution in [0.1, 0.15) is 16.1 Å². The van der Waals surface area contributed by atoms with Crippen LogP contribution in [0.2, 0.25) is 0 Å². The molecule has 0 radical (unpaired) electrons. The van der Waals surface area contributed by atoms with Gasteiger partial charge in [0.1, 0.15) is 5.69 Å². The van der Waals surface area contributed by atoms with Crippen LogP contribution >= 0.6 is 0 Å². The van der Waals surface area contributed by atoms with Crippen molar-refractivity contribution in [3.8, 4) is 11.3 Å². The molecule has 0 atom stereocenters. The summed E-state index contributed by atoms with van der Waals surface area (Å²) in [4.78, 5) is 16.1. The van der Waals surface area contributed by atoms with E-state index < -0.39 is 0 Å². The van der Waals surface area contributed by atoms with Gasteiger partial charge in [0.2, 0.25) is 0 Å². The van der Waals surface area contributed by atoms with E-state index in [-0.39, 0.29) is 5.91 Å². The highest BCUT2D eigenvalue weighted by Gasteiger charge is 2.10. The van der Waals surface area contributed by atoms with Gasteiger partial charge in [-0.3, -0.25) is 14.9 Å². The Hall–Kier alpha value is -3.80. The molecule has 0 saturated heterocycles. The number of rotatable bonds is 4. The van der Waals surface area contributed by atoms with E-state index in [9.17, 15) is 4.79 Å². The van der Waals surface area contributed by atoms with Crippen molar-refractivity contribution in [3.05, 3.63) is 84.3 Å². The maximum absolute atomic E-state index is 12.2. The molecule has 2 aromatic heterocycles. The minimum Gasteiger partial charge on any atom is -0.272 e. The molecule has 2 N–H and O–H groups in total. The van der Waals surface area contributed by atoms with Gasteiger partial charge in [-0.05, 0) is 40.6 Å². The number of carbonyl (C=O) groups is 1. The highest BCUT2D eigenvalue weighted by molar-refractivity contribution is 5.94. The minimum absolute atomic E-state index is 0.347. The molecule has 6 nitrogen and oxygen atoms in total. The van der Waals surface area contributed by atoms with Crippen molar-refractivity contribution < 1.29 is 4.79 Å². The van der Waals surface area contributed by atoms with Crippen LogP contribution in [0.3, 0.4) is 0 Å². The second-order valence-electron chi connectivity index (χ2n) is 5.71. The highest BCUT2D eigenvalue weighted by atomic mass is 16.2. The van der Waals surface area contributed by atoms with Gasteiger partial charge in [0, 0.05) is 18.0 Å². The molecular weight excluding hydrogens is 326 g/mol. The van der Waals surface area contributed by atoms with E-state index in [2.05, 4.69) is 37.8 Å². The van der Waals surface area contributed by atoms with Gasteiger partial charge in [0.15, 0.2) is 0 Å². The molecule has 0 aliphatic rings. The van der Waals surface area contributed by atoms with Crippen molar-refractivity contribution in [3.63, 3.8) is 0 Å². The lowest BCUT2D eigenvalue weighted by Crippen LogP contribution is -2.17. The van der Waals surface area contributed by atoms with Gasteiger partial charge in [0.05, 0.1) is 11.9 Å². The summed E-state index contributed by atoms with van der Waals surface area (Å²) < 4.78 is 0. The molecule has 2 aromatic carbocycles. The molecule has 0 spiro atoms. The second-order valence-corrected chi connectivity index (χ2v) is 5.71. The standard InChI is InChI=1S/C20H15N5O/c26-20(25-22-13-14-7-9-21-10-8-14)19-12-18(23-24-19)17-6-5-15-3-1-2-4-16(15)11-17/h1-13H,(H,23,24)(H,25,26)/b22-13-. The monoisotopic (exact) mass is 341 g/mol. The molecule has 0 saturated carbocycles. The van der Waals surface area contributed by atoms with Crippen molar-refractivity contribution >= 4 is 22.9 Å². The zero-order valence-electron chi connectivity index (χ0n) is 13.8. The summed E-state index contributed by atoms with van der Waals surface area (Å²) in [6, 6.07) is 19.5. The average Bonchev–Trinajstić information content (AvgIpc) is 3.19. The molecule has 0 fully saturated rings. The Balaban J connectivity index is 1.49. The lowest BCUT2D eigenvalue weighted by atomic mass is 10.1. The number of aromatic nitrogens is 3. The molecule has 4 rings (SSSR count). The lowest BCUT2D eigenvalue weighted by Gasteiger charge is -2.00. The highest BCUT2D eigenvalue weighted by Crippen LogP contribution is 2.23. The Morgan fingerprint density at radius 3 is 2.65 bits per heavy atom. The molecule has 6 heteroatoms. The van der Waals surface area contributed by atoms with Crippen LogP contribution in [0, 0.1) is 0 Å². The summed E-state index contributed by atoms with van der Waals surface area (Å²) in [5, 5.41) is 13.2. The van der Waals surface area contributed by atoms with E-state index in [1.165, 1.54) is 0 Å². The van der Waals surface area contributed by atoms with Gasteiger partial charge < -0.3 is 0 Å². The van der Waals surface area contributed by atoms with Crippen LogP contribution in [0.25, 0.3) is 22.0 Å². The fraction of sp³-hybridized carbons (Fsp3) is 0. The maximum atomic E-state index is 12.2. The van der Waals surface area contributed by atoms with Crippen LogP contribution in [-0.2, 0) is 0 Å². The lowest BCUT2D eigenvalue weighted by molar-refractivity contribution is 0.0950. The summed E-state index contributed by atoms with van der Waals surface area (Å²) in [5.41, 5.74) is 5.33. The predicted octanol–water partition coefficient (Wildman–Crippen LogP) is 3.39. The Kier molecular flexibility index (Phi) is 4.22. The Morgan fingerprint density at radius 2 is 1.81 bits per heavy atom. The number of benzene rings is 2. The SMILES string of the molecule is O=C(N/N=C\c1ccncc1)c1cc(-c2ccc3ccccc3c2)n[nH]1. The number of nitrogens with zero attached hydrogens (tertiary/aromatic N) is 3. The molecule has 126 valence electrons. The summed E-state index contributed by atoms with van der Waals surface area (Å²) in [6.07, 6.45) is 4.88. The first-order valence-electron chi connectivity index (χ1n) is 8.07. The zero-order chi connectivity index (χ0) is 17.8. The summed E-state index contributed by atoms with van der Waals surface area (Å²) in [6.45, 7) is 0. The second kappa shape index (κ2) is 6.98. The number of aromatic amines is 1. The molecule has 0 unspecified atom stereocenters. The quantitative estimate of drug-likeness (QED) is 0.441. The third-order valence-corrected chi connectivity index (χ3v) is 3.95. The average molecular weight is 341 g/mol. The molecular formula is C20H15N5O. The van der Waals surface area contributed by atoms with Crippen LogP contribution in [-0.4, -0.2) is 27.3 Å². The maximum Gasteiger partial charge on any atom is 0.289 e. The van der Waals surface area contributed by atoms with Gasteiger partial charge in [-0.25, -0.2) is 5.43 Å². The van der Waals surface area contributed by atoms with Crippen LogP contribution in [0.5, 0.6) is 0 Å². The van der Waals surface area contributed by atoms with Gasteiger partial charge in [-0.2, -0.15) is 10.2 Å². The first kappa shape index (κ1) is 15.7. The molecule has 26 heavy (non-hydrogen) atoms. The number of amides is 1. The number of H-pyrrole nitrogens is 1. The smallest absolute Gasteiger partial charge is 0.272 e. The number of fused-ring (bicyclic) bond motifs is 1. The normalized spacial score (nSPS) is 11.1. The van der Waals surface area contributed by atoms with Crippen molar-refractivity contribution in [1.82, 2.24) is 20.6 Å². The number of nitrogens with one attached hydrogen (secondary N) is 2. The molecule has 2 heterocycles. The van der Waals surface area contributed by atoms with Crippen LogP contribution < -0.4 is 5.43 Å². The molecule has 0 aliphatic carbocycles. The number of carbonyl (C=O) groups excluding carboxylic acids is 1. The number of hydrogen-bond donors (Lipinski definition) is 2. The number of pyridine rings is 1. The van der Waals surface area contributed by atoms with Gasteiger partial charge in [0.25, 0.3) is 5.91 Å². The first-order chi connectivity index (χ1) is 12.8. The summed E-state index contributed by atoms with van der Waals surface area (Å²) in [5.74, 6) is -0.352. The zero-order valence-corrected chi connectivity index (χ0v) is 13.8. The Labute approximate surface area is 149 Å². The van der Waals surface area contributed by atoms with E-state index in [1.54, 1.807) is 36.8 Å². The topological polar surface area (TPSA) is 83.0 Å². The molecule has 4 aromatic rings. The predicted molar refractivity (Wildman–Crippen MR) is 101 cm³/mol. The van der Waals surface area contributed by atoms with Gasteiger partial charge in [-0.1, -0.05) is 36.4 Å². The minimum atomic E-state index is -0.352. The van der Waals surface area contributed by atoms with Crippen molar-refractivity contribution in [1.29, 1.82) is 0 Å². The molecule has 1 amide bonds. The first-order valence-corrected chi connectivity index (χ1v) is 8.07. The molecule has 0 aliphatic heterocycles. The van der Waals surface area contributed by atoms with Crippen molar-refractivity contribution in [2.75, 3.05) is 0 Å². The molecule has 0 bridgehead atoms. The van der Waals surface area contributed by atoms with E-state index in [0.29, 0.717) is 11.4 Å². The number of hydrogen-bond acceptors (Lipinski definition) is 4. The third kappa shape index (κ3) is 3.34. The Morgan fingerprint density at radius 1 is 1.00 bits per heavy atom. The van der Waals surface area contributed by atoms with Crippen LogP contribution in [0.15, 0.2) is 78.2 Å². The van der Waals surface area contributed by atoms with E-state index in [4.69, 9.17) is 0 Å². The fourth-order valence-electron chi connectivity index (χ4n) is 2.61. The van der Waals surface area contributed by atoms with E-state index in [1.807, 2.05) is 30.3 Å². The summed E-state index contributed by atoms with van der Waals surface area (Å²) >= 11 is 0. The van der Waals surface area contributed by atoms with E-state index in [0.717, 1.165) is 21.9 Å². The van der Waals surface area contributed by atoms with E-state index >= 15 is 0 Å².